The second kappa shape index (κ2) is 7.48. The zero-order valence-corrected chi connectivity index (χ0v) is 11.9. The van der Waals surface area contributed by atoms with Gasteiger partial charge in [0, 0.05) is 22.6 Å². The van der Waals surface area contributed by atoms with Gasteiger partial charge in [-0.2, -0.15) is 0 Å². The Bertz CT molecular complexity index is 475. The summed E-state index contributed by atoms with van der Waals surface area (Å²) >= 11 is 0. The minimum Gasteiger partial charge on any atom is -0.293 e. The molecule has 0 bridgehead atoms. The molecule has 1 rings (SSSR count). The SMILES string of the molecule is CCCCCS(=O)C(C)C(=O)c1ccc(F)cc1F. The number of halogens is 2. The van der Waals surface area contributed by atoms with Crippen molar-refractivity contribution in [1.82, 2.24) is 0 Å². The molecule has 0 aromatic heterocycles. The summed E-state index contributed by atoms with van der Waals surface area (Å²) in [5, 5.41) is -0.767. The molecule has 1 aromatic carbocycles. The second-order valence-corrected chi connectivity index (χ2v) is 6.30. The van der Waals surface area contributed by atoms with E-state index in [0.29, 0.717) is 11.8 Å². The predicted octanol–water partition coefficient (Wildman–Crippen LogP) is 3.47. The van der Waals surface area contributed by atoms with Gasteiger partial charge in [-0.3, -0.25) is 9.00 Å². The Labute approximate surface area is 114 Å². The third kappa shape index (κ3) is 4.49. The highest BCUT2D eigenvalue weighted by Gasteiger charge is 2.23. The van der Waals surface area contributed by atoms with Crippen LogP contribution in [0.4, 0.5) is 8.78 Å². The van der Waals surface area contributed by atoms with Crippen molar-refractivity contribution >= 4 is 16.6 Å². The van der Waals surface area contributed by atoms with Crippen molar-refractivity contribution in [3.8, 4) is 0 Å². The number of carbonyl (C=O) groups is 1. The van der Waals surface area contributed by atoms with Crippen LogP contribution >= 0.6 is 0 Å². The summed E-state index contributed by atoms with van der Waals surface area (Å²) in [6.45, 7) is 3.55. The van der Waals surface area contributed by atoms with Crippen molar-refractivity contribution < 1.29 is 17.8 Å². The number of benzene rings is 1. The molecule has 0 fully saturated rings. The number of ketones is 1. The molecule has 0 radical (unpaired) electrons. The molecule has 0 aliphatic carbocycles. The van der Waals surface area contributed by atoms with Gasteiger partial charge in [0.2, 0.25) is 0 Å². The van der Waals surface area contributed by atoms with Crippen LogP contribution in [0.5, 0.6) is 0 Å². The highest BCUT2D eigenvalue weighted by atomic mass is 32.2. The van der Waals surface area contributed by atoms with Gasteiger partial charge in [0.25, 0.3) is 0 Å². The highest BCUT2D eigenvalue weighted by molar-refractivity contribution is 7.86. The minimum absolute atomic E-state index is 0.197. The molecule has 0 saturated carbocycles. The van der Waals surface area contributed by atoms with E-state index in [-0.39, 0.29) is 5.56 Å². The smallest absolute Gasteiger partial charge is 0.181 e. The molecule has 0 aliphatic rings. The Hall–Kier alpha value is -1.10. The van der Waals surface area contributed by atoms with Gasteiger partial charge in [0.15, 0.2) is 5.78 Å². The fraction of sp³-hybridized carbons (Fsp3) is 0.500. The zero-order valence-electron chi connectivity index (χ0n) is 11.1. The first kappa shape index (κ1) is 16.0. The van der Waals surface area contributed by atoms with Gasteiger partial charge in [0.1, 0.15) is 11.6 Å². The van der Waals surface area contributed by atoms with Crippen LogP contribution in [0.15, 0.2) is 18.2 Å². The Morgan fingerprint density at radius 1 is 1.32 bits per heavy atom. The number of carbonyl (C=O) groups excluding carboxylic acids is 1. The summed E-state index contributed by atoms with van der Waals surface area (Å²) < 4.78 is 38.1. The monoisotopic (exact) mass is 288 g/mol. The molecule has 0 heterocycles. The largest absolute Gasteiger partial charge is 0.293 e. The molecule has 0 amide bonds. The molecule has 2 atom stereocenters. The van der Waals surface area contributed by atoms with E-state index in [2.05, 4.69) is 0 Å². The summed E-state index contributed by atoms with van der Waals surface area (Å²) in [7, 11) is -1.32. The third-order valence-electron chi connectivity index (χ3n) is 2.91. The van der Waals surface area contributed by atoms with Gasteiger partial charge in [-0.25, -0.2) is 8.78 Å². The molecule has 5 heteroatoms. The summed E-state index contributed by atoms with van der Waals surface area (Å²) in [5.74, 6) is -1.73. The molecule has 2 unspecified atom stereocenters. The van der Waals surface area contributed by atoms with E-state index in [1.54, 1.807) is 0 Å². The van der Waals surface area contributed by atoms with E-state index in [9.17, 15) is 17.8 Å². The molecule has 0 aliphatic heterocycles. The topological polar surface area (TPSA) is 34.1 Å². The molecule has 106 valence electrons. The summed E-state index contributed by atoms with van der Waals surface area (Å²) in [4.78, 5) is 12.0. The maximum absolute atomic E-state index is 13.5. The van der Waals surface area contributed by atoms with Crippen molar-refractivity contribution in [1.29, 1.82) is 0 Å². The quantitative estimate of drug-likeness (QED) is 0.568. The molecule has 2 nitrogen and oxygen atoms in total. The maximum atomic E-state index is 13.5. The summed E-state index contributed by atoms with van der Waals surface area (Å²) in [6, 6.07) is 2.80. The molecular formula is C14H18F2O2S. The molecule has 0 N–H and O–H groups in total. The summed E-state index contributed by atoms with van der Waals surface area (Å²) in [6.07, 6.45) is 2.75. The molecule has 0 saturated heterocycles. The zero-order chi connectivity index (χ0) is 14.4. The Balaban J connectivity index is 2.73. The lowest BCUT2D eigenvalue weighted by atomic mass is 10.1. The molecular weight excluding hydrogens is 270 g/mol. The lowest BCUT2D eigenvalue weighted by Crippen LogP contribution is -2.25. The second-order valence-electron chi connectivity index (χ2n) is 4.42. The van der Waals surface area contributed by atoms with E-state index in [4.69, 9.17) is 0 Å². The number of unbranched alkanes of at least 4 members (excludes halogenated alkanes) is 2. The number of hydrogen-bond acceptors (Lipinski definition) is 2. The van der Waals surface area contributed by atoms with Crippen LogP contribution in [0.25, 0.3) is 0 Å². The van der Waals surface area contributed by atoms with Crippen LogP contribution in [0.1, 0.15) is 43.5 Å². The van der Waals surface area contributed by atoms with E-state index in [1.165, 1.54) is 6.92 Å². The van der Waals surface area contributed by atoms with Crippen LogP contribution < -0.4 is 0 Å². The van der Waals surface area contributed by atoms with Crippen LogP contribution in [0.2, 0.25) is 0 Å². The first-order valence-electron chi connectivity index (χ1n) is 6.33. The van der Waals surface area contributed by atoms with Crippen LogP contribution in [0.3, 0.4) is 0 Å². The minimum atomic E-state index is -1.32. The third-order valence-corrected chi connectivity index (χ3v) is 4.60. The normalized spacial score (nSPS) is 14.1. The maximum Gasteiger partial charge on any atom is 0.181 e. The van der Waals surface area contributed by atoms with Gasteiger partial charge in [0.05, 0.1) is 10.8 Å². The number of hydrogen-bond donors (Lipinski definition) is 0. The average molecular weight is 288 g/mol. The van der Waals surface area contributed by atoms with Crippen LogP contribution in [-0.2, 0) is 10.8 Å². The van der Waals surface area contributed by atoms with Crippen molar-refractivity contribution in [2.45, 2.75) is 38.4 Å². The van der Waals surface area contributed by atoms with E-state index in [1.807, 2.05) is 6.92 Å². The lowest BCUT2D eigenvalue weighted by Gasteiger charge is -2.11. The van der Waals surface area contributed by atoms with Crippen molar-refractivity contribution in [3.63, 3.8) is 0 Å². The number of rotatable bonds is 7. The first-order chi connectivity index (χ1) is 8.97. The van der Waals surface area contributed by atoms with Crippen molar-refractivity contribution in [2.24, 2.45) is 0 Å². The van der Waals surface area contributed by atoms with Crippen molar-refractivity contribution in [3.05, 3.63) is 35.4 Å². The highest BCUT2D eigenvalue weighted by Crippen LogP contribution is 2.15. The van der Waals surface area contributed by atoms with Gasteiger partial charge in [-0.1, -0.05) is 19.8 Å². The predicted molar refractivity (Wildman–Crippen MR) is 72.7 cm³/mol. The molecule has 0 spiro atoms. The Morgan fingerprint density at radius 3 is 2.58 bits per heavy atom. The van der Waals surface area contributed by atoms with Gasteiger partial charge >= 0.3 is 0 Å². The molecule has 19 heavy (non-hydrogen) atoms. The fourth-order valence-corrected chi connectivity index (χ4v) is 2.91. The van der Waals surface area contributed by atoms with E-state index in [0.717, 1.165) is 31.4 Å². The first-order valence-corrected chi connectivity index (χ1v) is 7.72. The lowest BCUT2D eigenvalue weighted by molar-refractivity contribution is 0.0988. The van der Waals surface area contributed by atoms with Crippen LogP contribution in [0, 0.1) is 11.6 Å². The standard InChI is InChI=1S/C14H18F2O2S/c1-3-4-5-8-19(18)10(2)14(17)12-7-6-11(15)9-13(12)16/h6-7,9-10H,3-5,8H2,1-2H3. The fourth-order valence-electron chi connectivity index (χ4n) is 1.70. The Kier molecular flexibility index (Phi) is 6.28. The molecule has 1 aromatic rings. The van der Waals surface area contributed by atoms with E-state index < -0.39 is 33.5 Å². The van der Waals surface area contributed by atoms with Gasteiger partial charge < -0.3 is 0 Å². The van der Waals surface area contributed by atoms with Gasteiger partial charge in [-0.05, 0) is 25.5 Å². The summed E-state index contributed by atoms with van der Waals surface area (Å²) in [5.41, 5.74) is -0.197. The average Bonchev–Trinajstić information content (AvgIpc) is 2.37. The van der Waals surface area contributed by atoms with Gasteiger partial charge in [-0.15, -0.1) is 0 Å². The van der Waals surface area contributed by atoms with E-state index >= 15 is 0 Å². The van der Waals surface area contributed by atoms with Crippen molar-refractivity contribution in [2.75, 3.05) is 5.75 Å². The van der Waals surface area contributed by atoms with Crippen LogP contribution in [-0.4, -0.2) is 21.0 Å². The Morgan fingerprint density at radius 2 is 2.00 bits per heavy atom. The number of Topliss-reactive ketones (excluding diaryl/α,β-unsaturated/α-hetero) is 1.